The Bertz CT molecular complexity index is 1470. The molecular formula is C30H36N10O4. The molecule has 0 saturated carbocycles. The molecule has 4 N–H and O–H groups in total. The molecule has 14 heteroatoms. The van der Waals surface area contributed by atoms with E-state index in [-0.39, 0.29) is 37.0 Å². The molecule has 2 aromatic carbocycles. The number of nitrogens with one attached hydrogen (secondary N) is 4. The lowest BCUT2D eigenvalue weighted by atomic mass is 9.92. The fraction of sp³-hybridized carbons (Fsp3) is 0.333. The number of benzene rings is 2. The number of aromatic nitrogens is 6. The van der Waals surface area contributed by atoms with Crippen LogP contribution < -0.4 is 30.7 Å². The molecular weight excluding hydrogens is 564 g/mol. The number of hydrogen-bond acceptors (Lipinski definition) is 12. The summed E-state index contributed by atoms with van der Waals surface area (Å²) in [5.41, 5.74) is 6.29. The SMILES string of the molecule is CC(=O)NCCNc1ncnc(OCc2cccc(-c3cccc(COc4ncnc(NCCNC(C)=O)n4)c3C)c2C)n1. The van der Waals surface area contributed by atoms with Crippen LogP contribution in [0.5, 0.6) is 12.0 Å². The van der Waals surface area contributed by atoms with E-state index in [1.54, 1.807) is 0 Å². The lowest BCUT2D eigenvalue weighted by Crippen LogP contribution is -2.26. The van der Waals surface area contributed by atoms with Crippen LogP contribution in [0.15, 0.2) is 49.1 Å². The quantitative estimate of drug-likeness (QED) is 0.147. The Kier molecular flexibility index (Phi) is 11.3. The van der Waals surface area contributed by atoms with Gasteiger partial charge in [-0.05, 0) is 47.2 Å². The molecule has 0 aliphatic carbocycles. The van der Waals surface area contributed by atoms with Crippen LogP contribution in [0, 0.1) is 13.8 Å². The third-order valence-corrected chi connectivity index (χ3v) is 6.56. The van der Waals surface area contributed by atoms with Crippen LogP contribution in [0.3, 0.4) is 0 Å². The zero-order valence-corrected chi connectivity index (χ0v) is 25.2. The molecule has 14 nitrogen and oxygen atoms in total. The van der Waals surface area contributed by atoms with E-state index < -0.39 is 0 Å². The van der Waals surface area contributed by atoms with Gasteiger partial charge in [0, 0.05) is 40.0 Å². The number of ether oxygens (including phenoxy) is 2. The summed E-state index contributed by atoms with van der Waals surface area (Å²) in [5, 5.41) is 11.5. The number of hydrogen-bond donors (Lipinski definition) is 4. The van der Waals surface area contributed by atoms with Crippen molar-refractivity contribution in [3.63, 3.8) is 0 Å². The molecule has 0 bridgehead atoms. The first kappa shape index (κ1) is 31.5. The van der Waals surface area contributed by atoms with Crippen LogP contribution in [0.25, 0.3) is 11.1 Å². The van der Waals surface area contributed by atoms with Crippen LogP contribution in [0.1, 0.15) is 36.1 Å². The highest BCUT2D eigenvalue weighted by Crippen LogP contribution is 2.31. The van der Waals surface area contributed by atoms with Crippen molar-refractivity contribution < 1.29 is 19.1 Å². The number of rotatable bonds is 15. The summed E-state index contributed by atoms with van der Waals surface area (Å²) in [7, 11) is 0. The van der Waals surface area contributed by atoms with Gasteiger partial charge in [0.2, 0.25) is 23.7 Å². The number of nitrogens with zero attached hydrogens (tertiary/aromatic N) is 6. The number of anilines is 2. The smallest absolute Gasteiger partial charge is 0.321 e. The average Bonchev–Trinajstić information content (AvgIpc) is 3.01. The van der Waals surface area contributed by atoms with Gasteiger partial charge in [0.1, 0.15) is 25.9 Å². The van der Waals surface area contributed by atoms with E-state index in [1.165, 1.54) is 26.5 Å². The first-order chi connectivity index (χ1) is 21.3. The Morgan fingerprint density at radius 2 is 1.07 bits per heavy atom. The normalized spacial score (nSPS) is 10.5. The second kappa shape index (κ2) is 15.7. The maximum absolute atomic E-state index is 11.0. The van der Waals surface area contributed by atoms with Crippen molar-refractivity contribution in [2.24, 2.45) is 0 Å². The third-order valence-electron chi connectivity index (χ3n) is 6.56. The lowest BCUT2D eigenvalue weighted by Gasteiger charge is -2.16. The molecule has 0 spiro atoms. The van der Waals surface area contributed by atoms with Gasteiger partial charge < -0.3 is 30.7 Å². The fourth-order valence-corrected chi connectivity index (χ4v) is 4.25. The van der Waals surface area contributed by atoms with Gasteiger partial charge in [-0.3, -0.25) is 9.59 Å². The molecule has 0 aliphatic heterocycles. The summed E-state index contributed by atoms with van der Waals surface area (Å²) in [4.78, 5) is 47.1. The van der Waals surface area contributed by atoms with Crippen molar-refractivity contribution in [3.05, 3.63) is 71.3 Å². The van der Waals surface area contributed by atoms with Gasteiger partial charge >= 0.3 is 12.0 Å². The van der Waals surface area contributed by atoms with Crippen LogP contribution >= 0.6 is 0 Å². The van der Waals surface area contributed by atoms with E-state index in [1.807, 2.05) is 24.3 Å². The van der Waals surface area contributed by atoms with Crippen molar-refractivity contribution in [2.75, 3.05) is 36.8 Å². The Hall–Kier alpha value is -5.40. The standard InChI is InChI=1S/C30H36N10O4/c1-19-23(15-43-29-37-17-35-27(39-29)33-13-11-31-21(3)41)7-5-9-25(19)26-10-6-8-24(20(26)2)16-44-30-38-18-36-28(40-30)34-14-12-32-22(4)42/h5-10,17-18H,11-16H2,1-4H3,(H,31,41)(H,32,42)(H,33,35,37,39)(H,34,36,38,40). The van der Waals surface area contributed by atoms with Crippen LogP contribution in [-0.2, 0) is 22.8 Å². The summed E-state index contributed by atoms with van der Waals surface area (Å²) in [6.45, 7) is 9.45. The number of carbonyl (C=O) groups excluding carboxylic acids is 2. The van der Waals surface area contributed by atoms with Gasteiger partial charge in [0.25, 0.3) is 0 Å². The minimum atomic E-state index is -0.0985. The molecule has 230 valence electrons. The highest BCUT2D eigenvalue weighted by atomic mass is 16.5. The van der Waals surface area contributed by atoms with Crippen molar-refractivity contribution >= 4 is 23.7 Å². The summed E-state index contributed by atoms with van der Waals surface area (Å²) in [6.07, 6.45) is 2.76. The molecule has 0 atom stereocenters. The number of carbonyl (C=O) groups is 2. The molecule has 2 heterocycles. The van der Waals surface area contributed by atoms with Gasteiger partial charge in [-0.2, -0.15) is 19.9 Å². The van der Waals surface area contributed by atoms with E-state index in [0.717, 1.165) is 33.4 Å². The van der Waals surface area contributed by atoms with E-state index in [0.29, 0.717) is 38.1 Å². The van der Waals surface area contributed by atoms with Crippen LogP contribution in [-0.4, -0.2) is 67.9 Å². The van der Waals surface area contributed by atoms with Gasteiger partial charge in [-0.15, -0.1) is 0 Å². The minimum absolute atomic E-state index is 0.0985. The molecule has 0 radical (unpaired) electrons. The molecule has 2 aromatic heterocycles. The van der Waals surface area contributed by atoms with E-state index in [4.69, 9.17) is 9.47 Å². The Balaban J connectivity index is 1.39. The molecule has 2 amide bonds. The highest BCUT2D eigenvalue weighted by molar-refractivity contribution is 5.73. The van der Waals surface area contributed by atoms with Crippen LogP contribution in [0.4, 0.5) is 11.9 Å². The molecule has 44 heavy (non-hydrogen) atoms. The Morgan fingerprint density at radius 3 is 1.48 bits per heavy atom. The van der Waals surface area contributed by atoms with E-state index >= 15 is 0 Å². The average molecular weight is 601 g/mol. The van der Waals surface area contributed by atoms with Crippen molar-refractivity contribution in [2.45, 2.75) is 40.9 Å². The third kappa shape index (κ3) is 9.31. The minimum Gasteiger partial charge on any atom is -0.458 e. The van der Waals surface area contributed by atoms with Crippen molar-refractivity contribution in [1.82, 2.24) is 40.5 Å². The Labute approximate surface area is 255 Å². The fourth-order valence-electron chi connectivity index (χ4n) is 4.25. The largest absolute Gasteiger partial charge is 0.458 e. The maximum atomic E-state index is 11.0. The molecule has 0 aliphatic rings. The van der Waals surface area contributed by atoms with E-state index in [9.17, 15) is 9.59 Å². The first-order valence-electron chi connectivity index (χ1n) is 14.1. The van der Waals surface area contributed by atoms with Crippen LogP contribution in [0.2, 0.25) is 0 Å². The summed E-state index contributed by atoms with van der Waals surface area (Å²) in [6, 6.07) is 12.6. The van der Waals surface area contributed by atoms with Gasteiger partial charge in [-0.25, -0.2) is 9.97 Å². The van der Waals surface area contributed by atoms with Gasteiger partial charge in [0.15, 0.2) is 0 Å². The Morgan fingerprint density at radius 1 is 0.636 bits per heavy atom. The predicted molar refractivity (Wildman–Crippen MR) is 164 cm³/mol. The maximum Gasteiger partial charge on any atom is 0.321 e. The first-order valence-corrected chi connectivity index (χ1v) is 14.1. The van der Waals surface area contributed by atoms with Gasteiger partial charge in [-0.1, -0.05) is 36.4 Å². The predicted octanol–water partition coefficient (Wildman–Crippen LogP) is 2.59. The highest BCUT2D eigenvalue weighted by Gasteiger charge is 2.13. The molecule has 4 rings (SSSR count). The van der Waals surface area contributed by atoms with Crippen molar-refractivity contribution in [3.8, 4) is 23.1 Å². The lowest BCUT2D eigenvalue weighted by molar-refractivity contribution is -0.119. The summed E-state index contributed by atoms with van der Waals surface area (Å²) < 4.78 is 11.8. The topological polar surface area (TPSA) is 178 Å². The summed E-state index contributed by atoms with van der Waals surface area (Å²) in [5.74, 6) is 0.538. The molecule has 0 saturated heterocycles. The summed E-state index contributed by atoms with van der Waals surface area (Å²) >= 11 is 0. The number of amides is 2. The second-order valence-electron chi connectivity index (χ2n) is 9.76. The molecule has 0 unspecified atom stereocenters. The zero-order chi connectivity index (χ0) is 31.3. The van der Waals surface area contributed by atoms with Gasteiger partial charge in [0.05, 0.1) is 0 Å². The monoisotopic (exact) mass is 600 g/mol. The zero-order valence-electron chi connectivity index (χ0n) is 25.2. The molecule has 4 aromatic rings. The second-order valence-corrected chi connectivity index (χ2v) is 9.76. The molecule has 0 fully saturated rings. The van der Waals surface area contributed by atoms with Crippen molar-refractivity contribution in [1.29, 1.82) is 0 Å². The van der Waals surface area contributed by atoms with E-state index in [2.05, 4.69) is 77.2 Å².